The summed E-state index contributed by atoms with van der Waals surface area (Å²) in [4.78, 5) is 10.4. The molecule has 2 rings (SSSR count). The Morgan fingerprint density at radius 1 is 1.31 bits per heavy atom. The molecule has 1 heterocycles. The van der Waals surface area contributed by atoms with Gasteiger partial charge >= 0.3 is 35.5 Å². The maximum Gasteiger partial charge on any atom is 1.00 e. The largest absolute Gasteiger partial charge is 1.00 e. The second-order valence-electron chi connectivity index (χ2n) is 2.73. The third-order valence-corrected chi connectivity index (χ3v) is 1.86. The van der Waals surface area contributed by atoms with Crippen molar-refractivity contribution in [2.24, 2.45) is 0 Å². The molecule has 4 heteroatoms. The van der Waals surface area contributed by atoms with Crippen LogP contribution in [0.15, 0.2) is 30.3 Å². The predicted octanol–water partition coefficient (Wildman–Crippen LogP) is -1.78. The molecule has 0 aliphatic carbocycles. The predicted molar refractivity (Wildman–Crippen MR) is 41.7 cm³/mol. The van der Waals surface area contributed by atoms with Crippen LogP contribution < -0.4 is 29.6 Å². The number of carbonyl (C=O) groups is 1. The summed E-state index contributed by atoms with van der Waals surface area (Å²) in [5.41, 5.74) is 0.935. The summed E-state index contributed by atoms with van der Waals surface area (Å²) >= 11 is 0. The Morgan fingerprint density at radius 2 is 1.92 bits per heavy atom. The van der Waals surface area contributed by atoms with Gasteiger partial charge in [-0.1, -0.05) is 30.3 Å². The smallest absolute Gasteiger partial charge is 0.479 e. The van der Waals surface area contributed by atoms with Crippen molar-refractivity contribution in [3.05, 3.63) is 35.9 Å². The first kappa shape index (κ1) is 10.7. The number of carboxylic acids is 1. The number of hydrogen-bond donors (Lipinski definition) is 1. The Kier molecular flexibility index (Phi) is 3.50. The number of rotatable bonds is 2. The van der Waals surface area contributed by atoms with Crippen molar-refractivity contribution in [3.63, 3.8) is 0 Å². The Hall–Kier alpha value is -0.350. The Balaban J connectivity index is 0.000000845. The quantitative estimate of drug-likeness (QED) is 0.439. The topological polar surface area (TPSA) is 49.8 Å². The van der Waals surface area contributed by atoms with Crippen molar-refractivity contribution in [2.75, 3.05) is 0 Å². The third-order valence-electron chi connectivity index (χ3n) is 1.86. The van der Waals surface area contributed by atoms with Crippen molar-refractivity contribution < 1.29 is 44.2 Å². The molecule has 3 nitrogen and oxygen atoms in total. The number of carboxylic acid groups (broad SMARTS) is 1. The minimum atomic E-state index is -0.885. The summed E-state index contributed by atoms with van der Waals surface area (Å²) in [5.74, 6) is -0.885. The van der Waals surface area contributed by atoms with Gasteiger partial charge in [-0.2, -0.15) is 0 Å². The standard InChI is InChI=1S/C9H8O3.Na/c10-9(11)8-7(12-8)6-4-2-1-3-5-6;/h1-5,7-8H,(H,10,11);/q;+1. The van der Waals surface area contributed by atoms with Crippen LogP contribution >= 0.6 is 0 Å². The van der Waals surface area contributed by atoms with Crippen LogP contribution in [0.4, 0.5) is 0 Å². The van der Waals surface area contributed by atoms with Crippen molar-refractivity contribution in [3.8, 4) is 0 Å². The second-order valence-corrected chi connectivity index (χ2v) is 2.73. The van der Waals surface area contributed by atoms with E-state index in [9.17, 15) is 4.79 Å². The van der Waals surface area contributed by atoms with E-state index in [1.54, 1.807) is 0 Å². The second kappa shape index (κ2) is 4.24. The summed E-state index contributed by atoms with van der Waals surface area (Å²) in [6.45, 7) is 0. The zero-order chi connectivity index (χ0) is 8.55. The van der Waals surface area contributed by atoms with Gasteiger partial charge in [-0.05, 0) is 5.56 Å². The van der Waals surface area contributed by atoms with Gasteiger partial charge in [-0.3, -0.25) is 0 Å². The van der Waals surface area contributed by atoms with E-state index in [0.29, 0.717) is 0 Å². The zero-order valence-electron chi connectivity index (χ0n) is 7.31. The monoisotopic (exact) mass is 187 g/mol. The molecule has 0 aromatic heterocycles. The van der Waals surface area contributed by atoms with Gasteiger partial charge in [0.1, 0.15) is 6.10 Å². The van der Waals surface area contributed by atoms with Gasteiger partial charge in [0.25, 0.3) is 0 Å². The van der Waals surface area contributed by atoms with E-state index in [-0.39, 0.29) is 35.7 Å². The fourth-order valence-electron chi connectivity index (χ4n) is 1.20. The van der Waals surface area contributed by atoms with Crippen LogP contribution in [-0.4, -0.2) is 17.2 Å². The van der Waals surface area contributed by atoms with E-state index in [4.69, 9.17) is 9.84 Å². The summed E-state index contributed by atoms with van der Waals surface area (Å²) in [6.07, 6.45) is -0.865. The SMILES string of the molecule is O=C(O)C1OC1c1ccccc1.[Na+]. The van der Waals surface area contributed by atoms with Crippen molar-refractivity contribution in [1.29, 1.82) is 0 Å². The maximum atomic E-state index is 10.4. The molecule has 13 heavy (non-hydrogen) atoms. The fraction of sp³-hybridized carbons (Fsp3) is 0.222. The third kappa shape index (κ3) is 2.31. The average Bonchev–Trinajstić information content (AvgIpc) is 2.84. The summed E-state index contributed by atoms with van der Waals surface area (Å²) in [6, 6.07) is 9.37. The molecular weight excluding hydrogens is 179 g/mol. The molecule has 1 fully saturated rings. The molecule has 1 saturated heterocycles. The fourth-order valence-corrected chi connectivity index (χ4v) is 1.20. The van der Waals surface area contributed by atoms with E-state index in [1.807, 2.05) is 30.3 Å². The van der Waals surface area contributed by atoms with Gasteiger partial charge < -0.3 is 9.84 Å². The first-order chi connectivity index (χ1) is 5.79. The summed E-state index contributed by atoms with van der Waals surface area (Å²) < 4.78 is 4.96. The van der Waals surface area contributed by atoms with Gasteiger partial charge in [-0.15, -0.1) is 0 Å². The van der Waals surface area contributed by atoms with Crippen LogP contribution in [-0.2, 0) is 9.53 Å². The van der Waals surface area contributed by atoms with E-state index in [2.05, 4.69) is 0 Å². The summed E-state index contributed by atoms with van der Waals surface area (Å²) in [5, 5.41) is 8.56. The number of benzene rings is 1. The zero-order valence-corrected chi connectivity index (χ0v) is 9.31. The molecular formula is C9H8NaO3+. The molecule has 1 aliphatic heterocycles. The molecule has 1 N–H and O–H groups in total. The van der Waals surface area contributed by atoms with Crippen molar-refractivity contribution >= 4 is 5.97 Å². The van der Waals surface area contributed by atoms with E-state index in [0.717, 1.165) is 5.56 Å². The molecule has 0 amide bonds. The number of ether oxygens (including phenoxy) is 1. The molecule has 0 spiro atoms. The van der Waals surface area contributed by atoms with E-state index in [1.165, 1.54) is 0 Å². The van der Waals surface area contributed by atoms with Crippen LogP contribution in [0.3, 0.4) is 0 Å². The van der Waals surface area contributed by atoms with Crippen LogP contribution in [0.25, 0.3) is 0 Å². The normalized spacial score (nSPS) is 24.6. The summed E-state index contributed by atoms with van der Waals surface area (Å²) in [7, 11) is 0. The molecule has 0 bridgehead atoms. The number of aliphatic carboxylic acids is 1. The number of epoxide rings is 1. The van der Waals surface area contributed by atoms with E-state index >= 15 is 0 Å². The van der Waals surface area contributed by atoms with E-state index < -0.39 is 12.1 Å². The van der Waals surface area contributed by atoms with Gasteiger partial charge in [0.15, 0.2) is 6.10 Å². The minimum Gasteiger partial charge on any atom is -0.479 e. The van der Waals surface area contributed by atoms with Crippen LogP contribution in [0.5, 0.6) is 0 Å². The van der Waals surface area contributed by atoms with Crippen LogP contribution in [0.1, 0.15) is 11.7 Å². The Labute approximate surface area is 98.0 Å². The molecule has 2 atom stereocenters. The molecule has 0 saturated carbocycles. The van der Waals surface area contributed by atoms with Gasteiger partial charge in [0.2, 0.25) is 0 Å². The van der Waals surface area contributed by atoms with Gasteiger partial charge in [0.05, 0.1) is 0 Å². The molecule has 1 aliphatic rings. The van der Waals surface area contributed by atoms with Gasteiger partial charge in [-0.25, -0.2) is 4.79 Å². The van der Waals surface area contributed by atoms with Crippen LogP contribution in [0.2, 0.25) is 0 Å². The van der Waals surface area contributed by atoms with Gasteiger partial charge in [0, 0.05) is 0 Å². The van der Waals surface area contributed by atoms with Crippen molar-refractivity contribution in [2.45, 2.75) is 12.2 Å². The first-order valence-corrected chi connectivity index (χ1v) is 3.72. The van der Waals surface area contributed by atoms with Crippen LogP contribution in [0, 0.1) is 0 Å². The Bertz CT molecular complexity index is 299. The minimum absolute atomic E-state index is 0. The number of hydrogen-bond acceptors (Lipinski definition) is 2. The first-order valence-electron chi connectivity index (χ1n) is 3.72. The van der Waals surface area contributed by atoms with Crippen molar-refractivity contribution in [1.82, 2.24) is 0 Å². The molecule has 2 unspecified atom stereocenters. The molecule has 0 radical (unpaired) electrons. The average molecular weight is 187 g/mol. The maximum absolute atomic E-state index is 10.4. The Morgan fingerprint density at radius 3 is 2.38 bits per heavy atom. The molecule has 1 aromatic carbocycles. The molecule has 62 valence electrons. The molecule has 1 aromatic rings.